The number of amides is 1. The van der Waals surface area contributed by atoms with Crippen molar-refractivity contribution in [2.45, 2.75) is 19.0 Å². The highest BCUT2D eigenvalue weighted by Gasteiger charge is 2.17. The van der Waals surface area contributed by atoms with Gasteiger partial charge in [-0.1, -0.05) is 35.0 Å². The molecule has 0 aliphatic carbocycles. The van der Waals surface area contributed by atoms with Crippen molar-refractivity contribution < 1.29 is 14.3 Å². The molecule has 0 unspecified atom stereocenters. The maximum absolute atomic E-state index is 12.5. The Bertz CT molecular complexity index is 1440. The lowest BCUT2D eigenvalue weighted by Gasteiger charge is -2.10. The number of carbonyl (C=O) groups is 2. The van der Waals surface area contributed by atoms with Gasteiger partial charge in [0.05, 0.1) is 11.5 Å². The van der Waals surface area contributed by atoms with Crippen molar-refractivity contribution in [3.63, 3.8) is 0 Å². The second kappa shape index (κ2) is 12.1. The number of hydrazone groups is 1. The number of nitrogens with one attached hydrogen (secondary N) is 1. The maximum Gasteiger partial charge on any atom is 0.308 e. The summed E-state index contributed by atoms with van der Waals surface area (Å²) in [5.74, 6) is 0.406. The number of ether oxygens (including phenoxy) is 1. The summed E-state index contributed by atoms with van der Waals surface area (Å²) in [6, 6.07) is 21.4. The fraction of sp³-hybridized carbons (Fsp3) is 0.115. The Morgan fingerprint density at radius 3 is 2.16 bits per heavy atom. The van der Waals surface area contributed by atoms with Gasteiger partial charge in [0, 0.05) is 28.2 Å². The quantitative estimate of drug-likeness (QED) is 0.0972. The third kappa shape index (κ3) is 6.97. The van der Waals surface area contributed by atoms with Gasteiger partial charge in [-0.3, -0.25) is 14.2 Å². The molecule has 0 bridgehead atoms. The van der Waals surface area contributed by atoms with E-state index in [1.807, 2.05) is 28.8 Å². The molecular weight excluding hydrogens is 533 g/mol. The standard InChI is InChI=1S/C26H21Cl2N5O3S/c1-16(18-5-13-23(14-6-18)36-17(2)34)29-30-24(35)15-37-26-32-31-25(19-3-7-20(27)8-4-19)33(26)22-11-9-21(28)10-12-22/h3-14H,15H2,1-2H3,(H,30,35). The molecule has 0 saturated carbocycles. The van der Waals surface area contributed by atoms with Crippen LogP contribution in [0.3, 0.4) is 0 Å². The Hall–Kier alpha value is -3.66. The van der Waals surface area contributed by atoms with E-state index in [0.29, 0.717) is 32.5 Å². The number of carbonyl (C=O) groups excluding carboxylic acids is 2. The molecule has 188 valence electrons. The highest BCUT2D eigenvalue weighted by Crippen LogP contribution is 2.29. The molecular formula is C26H21Cl2N5O3S. The van der Waals surface area contributed by atoms with Crippen molar-refractivity contribution in [1.82, 2.24) is 20.2 Å². The van der Waals surface area contributed by atoms with Crippen LogP contribution < -0.4 is 10.2 Å². The van der Waals surface area contributed by atoms with Gasteiger partial charge in [0.2, 0.25) is 0 Å². The molecule has 1 amide bonds. The molecule has 0 aliphatic heterocycles. The van der Waals surface area contributed by atoms with E-state index in [9.17, 15) is 9.59 Å². The monoisotopic (exact) mass is 553 g/mol. The second-order valence-corrected chi connectivity index (χ2v) is 9.58. The fourth-order valence-electron chi connectivity index (χ4n) is 3.28. The highest BCUT2D eigenvalue weighted by atomic mass is 35.5. The third-order valence-corrected chi connectivity index (χ3v) is 6.47. The van der Waals surface area contributed by atoms with Crippen LogP contribution in [0, 0.1) is 0 Å². The third-order valence-electron chi connectivity index (χ3n) is 5.03. The van der Waals surface area contributed by atoms with Gasteiger partial charge >= 0.3 is 5.97 Å². The van der Waals surface area contributed by atoms with Gasteiger partial charge in [0.15, 0.2) is 11.0 Å². The molecule has 3 aromatic carbocycles. The molecule has 1 heterocycles. The molecule has 4 aromatic rings. The van der Waals surface area contributed by atoms with E-state index in [1.54, 1.807) is 55.5 Å². The van der Waals surface area contributed by atoms with Crippen molar-refractivity contribution in [3.05, 3.63) is 88.4 Å². The normalized spacial score (nSPS) is 11.3. The molecule has 0 fully saturated rings. The van der Waals surface area contributed by atoms with Gasteiger partial charge in [0.1, 0.15) is 5.75 Å². The van der Waals surface area contributed by atoms with Gasteiger partial charge in [-0.25, -0.2) is 5.43 Å². The zero-order valence-electron chi connectivity index (χ0n) is 19.8. The molecule has 0 aliphatic rings. The maximum atomic E-state index is 12.5. The number of aromatic nitrogens is 3. The van der Waals surface area contributed by atoms with Crippen molar-refractivity contribution in [2.24, 2.45) is 5.10 Å². The Morgan fingerprint density at radius 1 is 0.919 bits per heavy atom. The summed E-state index contributed by atoms with van der Waals surface area (Å²) >= 11 is 13.3. The molecule has 0 atom stereocenters. The molecule has 11 heteroatoms. The van der Waals surface area contributed by atoms with E-state index in [-0.39, 0.29) is 11.7 Å². The molecule has 0 saturated heterocycles. The minimum absolute atomic E-state index is 0.0640. The number of hydrogen-bond donors (Lipinski definition) is 1. The molecule has 37 heavy (non-hydrogen) atoms. The first kappa shape index (κ1) is 26.4. The van der Waals surface area contributed by atoms with Gasteiger partial charge < -0.3 is 4.74 Å². The molecule has 0 radical (unpaired) electrons. The molecule has 1 aromatic heterocycles. The molecule has 0 spiro atoms. The summed E-state index contributed by atoms with van der Waals surface area (Å²) in [4.78, 5) is 23.6. The summed E-state index contributed by atoms with van der Waals surface area (Å²) in [6.07, 6.45) is 0. The SMILES string of the molecule is CC(=O)Oc1ccc(C(C)=NNC(=O)CSc2nnc(-c3ccc(Cl)cc3)n2-c2ccc(Cl)cc2)cc1. The van der Waals surface area contributed by atoms with Gasteiger partial charge in [-0.2, -0.15) is 5.10 Å². The van der Waals surface area contributed by atoms with Crippen LogP contribution in [0.5, 0.6) is 5.75 Å². The van der Waals surface area contributed by atoms with E-state index in [2.05, 4.69) is 20.7 Å². The summed E-state index contributed by atoms with van der Waals surface area (Å²) in [6.45, 7) is 3.11. The van der Waals surface area contributed by atoms with Crippen molar-refractivity contribution in [3.8, 4) is 22.8 Å². The number of hydrogen-bond acceptors (Lipinski definition) is 7. The number of esters is 1. The lowest BCUT2D eigenvalue weighted by molar-refractivity contribution is -0.131. The summed E-state index contributed by atoms with van der Waals surface area (Å²) < 4.78 is 6.88. The predicted molar refractivity (Wildman–Crippen MR) is 146 cm³/mol. The highest BCUT2D eigenvalue weighted by molar-refractivity contribution is 7.99. The van der Waals surface area contributed by atoms with Crippen LogP contribution in [0.1, 0.15) is 19.4 Å². The van der Waals surface area contributed by atoms with E-state index in [4.69, 9.17) is 27.9 Å². The topological polar surface area (TPSA) is 98.5 Å². The van der Waals surface area contributed by atoms with Crippen molar-refractivity contribution >= 4 is 52.6 Å². The zero-order valence-corrected chi connectivity index (χ0v) is 22.1. The van der Waals surface area contributed by atoms with Gasteiger partial charge in [-0.15, -0.1) is 10.2 Å². The van der Waals surface area contributed by atoms with E-state index >= 15 is 0 Å². The van der Waals surface area contributed by atoms with Crippen LogP contribution in [-0.2, 0) is 9.59 Å². The Balaban J connectivity index is 1.47. The zero-order chi connectivity index (χ0) is 26.4. The number of nitrogens with zero attached hydrogens (tertiary/aromatic N) is 4. The summed E-state index contributed by atoms with van der Waals surface area (Å²) in [7, 11) is 0. The van der Waals surface area contributed by atoms with E-state index in [1.165, 1.54) is 18.7 Å². The number of thioether (sulfide) groups is 1. The van der Waals surface area contributed by atoms with E-state index < -0.39 is 5.97 Å². The summed E-state index contributed by atoms with van der Waals surface area (Å²) in [5, 5.41) is 14.6. The first-order valence-electron chi connectivity index (χ1n) is 11.0. The van der Waals surface area contributed by atoms with Crippen LogP contribution in [0.25, 0.3) is 17.1 Å². The first-order chi connectivity index (χ1) is 17.8. The Labute approximate surface area is 227 Å². The lowest BCUT2D eigenvalue weighted by atomic mass is 10.1. The average molecular weight is 554 g/mol. The number of halogens is 2. The largest absolute Gasteiger partial charge is 0.427 e. The number of benzene rings is 3. The molecule has 8 nitrogen and oxygen atoms in total. The van der Waals surface area contributed by atoms with Crippen molar-refractivity contribution in [2.75, 3.05) is 5.75 Å². The van der Waals surface area contributed by atoms with Gasteiger partial charge in [0.25, 0.3) is 5.91 Å². The number of rotatable bonds is 8. The van der Waals surface area contributed by atoms with Crippen molar-refractivity contribution in [1.29, 1.82) is 0 Å². The minimum Gasteiger partial charge on any atom is -0.427 e. The Kier molecular flexibility index (Phi) is 8.60. The minimum atomic E-state index is -0.393. The van der Waals surface area contributed by atoms with E-state index in [0.717, 1.165) is 16.8 Å². The van der Waals surface area contributed by atoms with Gasteiger partial charge in [-0.05, 0) is 85.3 Å². The molecule has 4 rings (SSSR count). The van der Waals surface area contributed by atoms with Crippen LogP contribution in [-0.4, -0.2) is 38.1 Å². The Morgan fingerprint density at radius 2 is 1.54 bits per heavy atom. The predicted octanol–water partition coefficient (Wildman–Crippen LogP) is 5.80. The fourth-order valence-corrected chi connectivity index (χ4v) is 4.27. The van der Waals surface area contributed by atoms with Crippen LogP contribution in [0.4, 0.5) is 0 Å². The smallest absolute Gasteiger partial charge is 0.308 e. The van der Waals surface area contributed by atoms with Crippen LogP contribution in [0.15, 0.2) is 83.1 Å². The lowest BCUT2D eigenvalue weighted by Crippen LogP contribution is -2.21. The van der Waals surface area contributed by atoms with Crippen LogP contribution in [0.2, 0.25) is 10.0 Å². The molecule has 1 N–H and O–H groups in total. The average Bonchev–Trinajstić information content (AvgIpc) is 3.31. The second-order valence-electron chi connectivity index (χ2n) is 7.76. The van der Waals surface area contributed by atoms with Crippen LogP contribution >= 0.6 is 35.0 Å². The first-order valence-corrected chi connectivity index (χ1v) is 12.8. The summed E-state index contributed by atoms with van der Waals surface area (Å²) in [5.41, 5.74) is 5.56.